The molecule has 0 spiro atoms. The third kappa shape index (κ3) is 6.99. The molecule has 0 bridgehead atoms. The van der Waals surface area contributed by atoms with E-state index in [4.69, 9.17) is 5.11 Å². The van der Waals surface area contributed by atoms with Crippen LogP contribution in [0, 0.1) is 18.8 Å². The zero-order chi connectivity index (χ0) is 24.9. The van der Waals surface area contributed by atoms with Gasteiger partial charge in [0, 0.05) is 19.0 Å². The third-order valence-corrected chi connectivity index (χ3v) is 7.23. The molecule has 1 aromatic rings. The molecule has 0 aromatic heterocycles. The summed E-state index contributed by atoms with van der Waals surface area (Å²) in [5.74, 6) is -2.99. The summed E-state index contributed by atoms with van der Waals surface area (Å²) in [7, 11) is -3.90. The Bertz CT molecular complexity index is 953. The number of carbonyl (C=O) groups excluding carboxylic acids is 2. The maximum Gasteiger partial charge on any atom is 0.328 e. The van der Waals surface area contributed by atoms with Gasteiger partial charge in [-0.15, -0.1) is 0 Å². The van der Waals surface area contributed by atoms with Crippen molar-refractivity contribution in [3.8, 4) is 0 Å². The second-order valence-electron chi connectivity index (χ2n) is 8.82. The molecule has 0 saturated carbocycles. The van der Waals surface area contributed by atoms with Crippen molar-refractivity contribution >= 4 is 27.8 Å². The topological polar surface area (TPSA) is 153 Å². The molecular formula is C22H33N3O7S. The zero-order valence-corrected chi connectivity index (χ0v) is 20.1. The second-order valence-corrected chi connectivity index (χ2v) is 10.5. The molecule has 2 rings (SSSR count). The number of nitrogens with one attached hydrogen (secondary N) is 2. The van der Waals surface area contributed by atoms with Gasteiger partial charge < -0.3 is 20.4 Å². The Labute approximate surface area is 194 Å². The standard InChI is InChI=1S/C22H33N3O7S/c1-13(2)18(24-33(31,32)17-7-5-14(3)6-8-17)21(28)25-11-9-16(10-12-25)20(27)23-19(15(4)26)22(29)30/h5-8,13,15-16,18-19,24,26H,9-12H2,1-4H3,(H,23,27)(H,29,30). The molecule has 0 radical (unpaired) electrons. The van der Waals surface area contributed by atoms with Crippen molar-refractivity contribution in [3.05, 3.63) is 29.8 Å². The van der Waals surface area contributed by atoms with E-state index in [-0.39, 0.29) is 29.8 Å². The third-order valence-electron chi connectivity index (χ3n) is 5.77. The predicted molar refractivity (Wildman–Crippen MR) is 121 cm³/mol. The van der Waals surface area contributed by atoms with Crippen LogP contribution in [0.5, 0.6) is 0 Å². The number of carboxylic acid groups (broad SMARTS) is 1. The van der Waals surface area contributed by atoms with Crippen LogP contribution in [0.3, 0.4) is 0 Å². The number of carbonyl (C=O) groups is 3. The van der Waals surface area contributed by atoms with Crippen molar-refractivity contribution in [1.82, 2.24) is 14.9 Å². The van der Waals surface area contributed by atoms with E-state index in [2.05, 4.69) is 10.0 Å². The van der Waals surface area contributed by atoms with Crippen molar-refractivity contribution in [2.45, 2.75) is 63.6 Å². The molecule has 1 aromatic carbocycles. The number of aliphatic hydroxyl groups is 1. The number of hydrogen-bond donors (Lipinski definition) is 4. The number of aliphatic carboxylic acids is 1. The Balaban J connectivity index is 2.02. The molecular weight excluding hydrogens is 450 g/mol. The van der Waals surface area contributed by atoms with Crippen LogP contribution in [0.25, 0.3) is 0 Å². The molecule has 1 saturated heterocycles. The maximum atomic E-state index is 13.1. The quantitative estimate of drug-likeness (QED) is 0.399. The first-order valence-electron chi connectivity index (χ1n) is 10.9. The van der Waals surface area contributed by atoms with Crippen LogP contribution in [0.15, 0.2) is 29.2 Å². The summed E-state index contributed by atoms with van der Waals surface area (Å²) < 4.78 is 28.1. The van der Waals surface area contributed by atoms with Crippen LogP contribution in [0.4, 0.5) is 0 Å². The summed E-state index contributed by atoms with van der Waals surface area (Å²) in [6.07, 6.45) is -0.639. The minimum Gasteiger partial charge on any atom is -0.480 e. The van der Waals surface area contributed by atoms with Crippen molar-refractivity contribution < 1.29 is 33.0 Å². The number of sulfonamides is 1. The van der Waals surface area contributed by atoms with E-state index in [9.17, 15) is 27.9 Å². The Hall–Kier alpha value is -2.50. The Morgan fingerprint density at radius 2 is 1.58 bits per heavy atom. The van der Waals surface area contributed by atoms with Crippen molar-refractivity contribution in [2.24, 2.45) is 11.8 Å². The SMILES string of the molecule is Cc1ccc(S(=O)(=O)NC(C(=O)N2CCC(C(=O)NC(C(=O)O)C(C)O)CC2)C(C)C)cc1. The summed E-state index contributed by atoms with van der Waals surface area (Å²) in [4.78, 5) is 38.3. The number of piperidine rings is 1. The maximum absolute atomic E-state index is 13.1. The van der Waals surface area contributed by atoms with Gasteiger partial charge in [-0.3, -0.25) is 9.59 Å². The molecule has 11 heteroatoms. The van der Waals surface area contributed by atoms with Gasteiger partial charge in [-0.25, -0.2) is 13.2 Å². The Morgan fingerprint density at radius 3 is 2.03 bits per heavy atom. The molecule has 3 atom stereocenters. The second kappa shape index (κ2) is 11.1. The number of amides is 2. The van der Waals surface area contributed by atoms with E-state index in [0.29, 0.717) is 12.8 Å². The lowest BCUT2D eigenvalue weighted by atomic mass is 9.94. The Kier molecular flexibility index (Phi) is 8.98. The smallest absolute Gasteiger partial charge is 0.328 e. The summed E-state index contributed by atoms with van der Waals surface area (Å²) in [5.41, 5.74) is 0.917. The van der Waals surface area contributed by atoms with Gasteiger partial charge in [-0.1, -0.05) is 31.5 Å². The Morgan fingerprint density at radius 1 is 1.03 bits per heavy atom. The van der Waals surface area contributed by atoms with E-state index < -0.39 is 46.0 Å². The summed E-state index contributed by atoms with van der Waals surface area (Å²) in [6.45, 7) is 7.10. The van der Waals surface area contributed by atoms with Gasteiger partial charge in [0.15, 0.2) is 6.04 Å². The van der Waals surface area contributed by atoms with E-state index >= 15 is 0 Å². The van der Waals surface area contributed by atoms with Gasteiger partial charge in [0.25, 0.3) is 0 Å². The van der Waals surface area contributed by atoms with Crippen molar-refractivity contribution in [1.29, 1.82) is 0 Å². The highest BCUT2D eigenvalue weighted by atomic mass is 32.2. The van der Waals surface area contributed by atoms with Gasteiger partial charge in [0.2, 0.25) is 21.8 Å². The summed E-state index contributed by atoms with van der Waals surface area (Å²) >= 11 is 0. The van der Waals surface area contributed by atoms with Gasteiger partial charge in [-0.2, -0.15) is 4.72 Å². The predicted octanol–water partition coefficient (Wildman–Crippen LogP) is 0.487. The number of carboxylic acids is 1. The molecule has 1 aliphatic rings. The fourth-order valence-corrected chi connectivity index (χ4v) is 4.98. The van der Waals surface area contributed by atoms with Crippen LogP contribution >= 0.6 is 0 Å². The number of aliphatic hydroxyl groups excluding tert-OH is 1. The monoisotopic (exact) mass is 483 g/mol. The van der Waals surface area contributed by atoms with Crippen LogP contribution < -0.4 is 10.0 Å². The first-order valence-corrected chi connectivity index (χ1v) is 12.4. The number of hydrogen-bond acceptors (Lipinski definition) is 6. The average molecular weight is 484 g/mol. The van der Waals surface area contributed by atoms with Gasteiger partial charge in [-0.05, 0) is 44.7 Å². The molecule has 10 nitrogen and oxygen atoms in total. The molecule has 1 aliphatic heterocycles. The average Bonchev–Trinajstić information content (AvgIpc) is 2.75. The van der Waals surface area contributed by atoms with E-state index in [1.54, 1.807) is 26.0 Å². The molecule has 2 amide bonds. The van der Waals surface area contributed by atoms with Gasteiger partial charge >= 0.3 is 5.97 Å². The number of rotatable bonds is 9. The molecule has 3 unspecified atom stereocenters. The minimum atomic E-state index is -3.90. The molecule has 184 valence electrons. The highest BCUT2D eigenvalue weighted by Crippen LogP contribution is 2.21. The van der Waals surface area contributed by atoms with Crippen LogP contribution in [-0.4, -0.2) is 72.6 Å². The van der Waals surface area contributed by atoms with Crippen LogP contribution in [-0.2, 0) is 24.4 Å². The van der Waals surface area contributed by atoms with E-state index in [1.807, 2.05) is 6.92 Å². The fraction of sp³-hybridized carbons (Fsp3) is 0.591. The normalized spacial score (nSPS) is 17.9. The number of nitrogens with zero attached hydrogens (tertiary/aromatic N) is 1. The summed E-state index contributed by atoms with van der Waals surface area (Å²) in [5, 5.41) is 21.0. The zero-order valence-electron chi connectivity index (χ0n) is 19.3. The lowest BCUT2D eigenvalue weighted by molar-refractivity contribution is -0.146. The van der Waals surface area contributed by atoms with Gasteiger partial charge in [0.05, 0.1) is 11.0 Å². The minimum absolute atomic E-state index is 0.0769. The highest BCUT2D eigenvalue weighted by molar-refractivity contribution is 7.89. The number of likely N-dealkylation sites (tertiary alicyclic amines) is 1. The van der Waals surface area contributed by atoms with E-state index in [1.165, 1.54) is 24.0 Å². The molecule has 4 N–H and O–H groups in total. The molecule has 0 aliphatic carbocycles. The number of aryl methyl sites for hydroxylation is 1. The molecule has 1 fully saturated rings. The lowest BCUT2D eigenvalue weighted by Crippen LogP contribution is -2.54. The molecule has 33 heavy (non-hydrogen) atoms. The largest absolute Gasteiger partial charge is 0.480 e. The van der Waals surface area contributed by atoms with Crippen molar-refractivity contribution in [2.75, 3.05) is 13.1 Å². The molecule has 1 heterocycles. The van der Waals surface area contributed by atoms with Crippen LogP contribution in [0.2, 0.25) is 0 Å². The lowest BCUT2D eigenvalue weighted by Gasteiger charge is -2.35. The fourth-order valence-electron chi connectivity index (χ4n) is 3.64. The van der Waals surface area contributed by atoms with Crippen molar-refractivity contribution in [3.63, 3.8) is 0 Å². The number of benzene rings is 1. The van der Waals surface area contributed by atoms with Gasteiger partial charge in [0.1, 0.15) is 6.04 Å². The first kappa shape index (κ1) is 26.7. The summed E-state index contributed by atoms with van der Waals surface area (Å²) in [6, 6.07) is 3.97. The van der Waals surface area contributed by atoms with Crippen LogP contribution in [0.1, 0.15) is 39.2 Å². The first-order chi connectivity index (χ1) is 15.3. The highest BCUT2D eigenvalue weighted by Gasteiger charge is 2.36. The van der Waals surface area contributed by atoms with E-state index in [0.717, 1.165) is 5.56 Å².